The van der Waals surface area contributed by atoms with Gasteiger partial charge in [0.05, 0.1) is 17.6 Å². The van der Waals surface area contributed by atoms with Gasteiger partial charge in [-0.15, -0.1) is 11.8 Å². The fraction of sp³-hybridized carbons (Fsp3) is 0.500. The maximum Gasteiger partial charge on any atom is 0.310 e. The van der Waals surface area contributed by atoms with Gasteiger partial charge in [0, 0.05) is 11.4 Å². The predicted octanol–water partition coefficient (Wildman–Crippen LogP) is 2.52. The molecule has 2 rings (SSSR count). The summed E-state index contributed by atoms with van der Waals surface area (Å²) >= 11 is 1.68. The van der Waals surface area contributed by atoms with Crippen molar-refractivity contribution in [2.45, 2.75) is 30.0 Å². The molecule has 4 heteroatoms. The summed E-state index contributed by atoms with van der Waals surface area (Å²) in [7, 11) is 0. The summed E-state index contributed by atoms with van der Waals surface area (Å²) in [5, 5.41) is 1.26. The molecule has 3 nitrogen and oxygen atoms in total. The third-order valence-corrected chi connectivity index (χ3v) is 4.18. The third kappa shape index (κ3) is 2.55. The van der Waals surface area contributed by atoms with Crippen molar-refractivity contribution in [3.8, 4) is 0 Å². The molecule has 1 aromatic rings. The molecule has 0 saturated carbocycles. The number of cyclic esters (lactones) is 1. The summed E-state index contributed by atoms with van der Waals surface area (Å²) in [5.74, 6) is -0.00714. The molecule has 1 saturated heterocycles. The standard InChI is InChI=1S/C12H15NO2S/c1-2-10(9-6-8-15-12(9)14)16-11-5-3-4-7-13-11/h3-5,7,9-10H,2,6,8H2,1H3. The molecule has 0 radical (unpaired) electrons. The Labute approximate surface area is 99.6 Å². The van der Waals surface area contributed by atoms with Gasteiger partial charge in [-0.1, -0.05) is 13.0 Å². The van der Waals surface area contributed by atoms with Crippen molar-refractivity contribution in [1.29, 1.82) is 0 Å². The summed E-state index contributed by atoms with van der Waals surface area (Å²) in [6.07, 6.45) is 3.58. The number of carbonyl (C=O) groups is 1. The van der Waals surface area contributed by atoms with Crippen LogP contribution >= 0.6 is 11.8 Å². The van der Waals surface area contributed by atoms with Gasteiger partial charge < -0.3 is 4.74 Å². The van der Waals surface area contributed by atoms with Gasteiger partial charge in [-0.2, -0.15) is 0 Å². The lowest BCUT2D eigenvalue weighted by atomic mass is 10.0. The lowest BCUT2D eigenvalue weighted by molar-refractivity contribution is -0.141. The van der Waals surface area contributed by atoms with Gasteiger partial charge in [0.2, 0.25) is 0 Å². The lowest BCUT2D eigenvalue weighted by Crippen LogP contribution is -2.21. The molecule has 1 aliphatic heterocycles. The maximum atomic E-state index is 11.5. The van der Waals surface area contributed by atoms with Gasteiger partial charge >= 0.3 is 5.97 Å². The Bertz CT molecular complexity index is 355. The Balaban J connectivity index is 2.03. The van der Waals surface area contributed by atoms with Crippen molar-refractivity contribution in [3.63, 3.8) is 0 Å². The zero-order chi connectivity index (χ0) is 11.4. The molecule has 0 N–H and O–H groups in total. The Hall–Kier alpha value is -1.03. The van der Waals surface area contributed by atoms with E-state index >= 15 is 0 Å². The molecule has 0 aromatic carbocycles. The number of nitrogens with zero attached hydrogens (tertiary/aromatic N) is 1. The van der Waals surface area contributed by atoms with Gasteiger partial charge in [0.15, 0.2) is 0 Å². The van der Waals surface area contributed by atoms with E-state index in [0.29, 0.717) is 6.61 Å². The van der Waals surface area contributed by atoms with Crippen LogP contribution in [0.25, 0.3) is 0 Å². The number of rotatable bonds is 4. The molecule has 2 unspecified atom stereocenters. The number of hydrogen-bond donors (Lipinski definition) is 0. The molecule has 16 heavy (non-hydrogen) atoms. The van der Waals surface area contributed by atoms with Gasteiger partial charge in [0.25, 0.3) is 0 Å². The van der Waals surface area contributed by atoms with Crippen LogP contribution in [0.3, 0.4) is 0 Å². The first kappa shape index (κ1) is 11.5. The first-order valence-corrected chi connectivity index (χ1v) is 6.43. The predicted molar refractivity (Wildman–Crippen MR) is 63.2 cm³/mol. The molecular weight excluding hydrogens is 222 g/mol. The average molecular weight is 237 g/mol. The number of pyridine rings is 1. The smallest absolute Gasteiger partial charge is 0.310 e. The largest absolute Gasteiger partial charge is 0.465 e. The summed E-state index contributed by atoms with van der Waals surface area (Å²) in [6, 6.07) is 5.84. The number of ether oxygens (including phenoxy) is 1. The molecule has 0 spiro atoms. The molecule has 2 atom stereocenters. The zero-order valence-corrected chi connectivity index (χ0v) is 10.1. The Morgan fingerprint density at radius 1 is 1.62 bits per heavy atom. The summed E-state index contributed by atoms with van der Waals surface area (Å²) in [6.45, 7) is 2.68. The molecule has 0 aliphatic carbocycles. The highest BCUT2D eigenvalue weighted by atomic mass is 32.2. The van der Waals surface area contributed by atoms with Crippen LogP contribution in [0.5, 0.6) is 0 Å². The molecular formula is C12H15NO2S. The van der Waals surface area contributed by atoms with Crippen molar-refractivity contribution in [2.24, 2.45) is 5.92 Å². The highest BCUT2D eigenvalue weighted by Crippen LogP contribution is 2.33. The van der Waals surface area contributed by atoms with E-state index in [4.69, 9.17) is 4.74 Å². The SMILES string of the molecule is CCC(Sc1ccccn1)C1CCOC1=O. The van der Waals surface area contributed by atoms with Crippen molar-refractivity contribution in [3.05, 3.63) is 24.4 Å². The maximum absolute atomic E-state index is 11.5. The van der Waals surface area contributed by atoms with Crippen LogP contribution in [-0.2, 0) is 9.53 Å². The van der Waals surface area contributed by atoms with Gasteiger partial charge in [-0.25, -0.2) is 4.98 Å². The van der Waals surface area contributed by atoms with Crippen LogP contribution in [0, 0.1) is 5.92 Å². The van der Waals surface area contributed by atoms with E-state index in [1.165, 1.54) is 0 Å². The van der Waals surface area contributed by atoms with Crippen LogP contribution in [0.1, 0.15) is 19.8 Å². The number of hydrogen-bond acceptors (Lipinski definition) is 4. The highest BCUT2D eigenvalue weighted by molar-refractivity contribution is 7.99. The van der Waals surface area contributed by atoms with Crippen LogP contribution in [0.2, 0.25) is 0 Å². The number of thioether (sulfide) groups is 1. The molecule has 1 aliphatic rings. The van der Waals surface area contributed by atoms with Crippen molar-refractivity contribution in [1.82, 2.24) is 4.98 Å². The van der Waals surface area contributed by atoms with Gasteiger partial charge in [-0.05, 0) is 25.0 Å². The first-order chi connectivity index (χ1) is 7.81. The topological polar surface area (TPSA) is 39.2 Å². The van der Waals surface area contributed by atoms with Crippen LogP contribution in [0.4, 0.5) is 0 Å². The number of carbonyl (C=O) groups excluding carboxylic acids is 1. The first-order valence-electron chi connectivity index (χ1n) is 5.55. The van der Waals surface area contributed by atoms with Crippen molar-refractivity contribution < 1.29 is 9.53 Å². The summed E-state index contributed by atoms with van der Waals surface area (Å²) in [4.78, 5) is 15.8. The summed E-state index contributed by atoms with van der Waals surface area (Å²) in [5.41, 5.74) is 0. The van der Waals surface area contributed by atoms with E-state index in [1.807, 2.05) is 18.2 Å². The molecule has 0 bridgehead atoms. The van der Waals surface area contributed by atoms with Crippen LogP contribution < -0.4 is 0 Å². The van der Waals surface area contributed by atoms with E-state index in [1.54, 1.807) is 18.0 Å². The van der Waals surface area contributed by atoms with Crippen molar-refractivity contribution in [2.75, 3.05) is 6.61 Å². The van der Waals surface area contributed by atoms with Crippen LogP contribution in [0.15, 0.2) is 29.4 Å². The average Bonchev–Trinajstić information content (AvgIpc) is 2.74. The van der Waals surface area contributed by atoms with E-state index in [-0.39, 0.29) is 17.1 Å². The van der Waals surface area contributed by atoms with E-state index in [9.17, 15) is 4.79 Å². The van der Waals surface area contributed by atoms with E-state index < -0.39 is 0 Å². The fourth-order valence-electron chi connectivity index (χ4n) is 1.87. The molecule has 0 amide bonds. The van der Waals surface area contributed by atoms with E-state index in [2.05, 4.69) is 11.9 Å². The monoisotopic (exact) mass is 237 g/mol. The second-order valence-corrected chi connectivity index (χ2v) is 5.05. The Morgan fingerprint density at radius 3 is 3.06 bits per heavy atom. The second-order valence-electron chi connectivity index (χ2n) is 3.80. The lowest BCUT2D eigenvalue weighted by Gasteiger charge is -2.17. The molecule has 1 fully saturated rings. The minimum Gasteiger partial charge on any atom is -0.465 e. The number of aromatic nitrogens is 1. The van der Waals surface area contributed by atoms with Gasteiger partial charge in [0.1, 0.15) is 0 Å². The summed E-state index contributed by atoms with van der Waals surface area (Å²) < 4.78 is 5.01. The van der Waals surface area contributed by atoms with Gasteiger partial charge in [-0.3, -0.25) is 4.79 Å². The Kier molecular flexibility index (Phi) is 3.83. The molecule has 2 heterocycles. The third-order valence-electron chi connectivity index (χ3n) is 2.74. The minimum absolute atomic E-state index is 0.0389. The number of esters is 1. The normalized spacial score (nSPS) is 21.8. The Morgan fingerprint density at radius 2 is 2.50 bits per heavy atom. The quantitative estimate of drug-likeness (QED) is 0.596. The second kappa shape index (κ2) is 5.34. The highest BCUT2D eigenvalue weighted by Gasteiger charge is 2.33. The fourth-order valence-corrected chi connectivity index (χ4v) is 3.04. The minimum atomic E-state index is -0.0460. The van der Waals surface area contributed by atoms with E-state index in [0.717, 1.165) is 17.9 Å². The molecule has 1 aromatic heterocycles. The van der Waals surface area contributed by atoms with Crippen molar-refractivity contribution >= 4 is 17.7 Å². The zero-order valence-electron chi connectivity index (χ0n) is 9.26. The van der Waals surface area contributed by atoms with Crippen LogP contribution in [-0.4, -0.2) is 22.8 Å². The molecule has 86 valence electrons.